The number of hydrogen-bond acceptors (Lipinski definition) is 6. The number of aliphatic hydroxyl groups is 1. The molecule has 0 aliphatic carbocycles. The first-order valence-corrected chi connectivity index (χ1v) is 11.9. The highest BCUT2D eigenvalue weighted by molar-refractivity contribution is 5.94. The summed E-state index contributed by atoms with van der Waals surface area (Å²) in [6.07, 6.45) is 4.78. The van der Waals surface area contributed by atoms with Crippen molar-refractivity contribution in [2.24, 2.45) is 0 Å². The van der Waals surface area contributed by atoms with E-state index in [1.54, 1.807) is 33.7 Å². The first kappa shape index (κ1) is 22.9. The number of para-hydroxylation sites is 1. The third-order valence-electron chi connectivity index (χ3n) is 6.34. The molecule has 0 saturated carbocycles. The SMILES string of the molecule is Cc1cccc(-c2nc(CNc3ccccc3F)cn2-c2ccc3ncc(C(=O)N4CC(O)C4)n3c2)n1. The van der Waals surface area contributed by atoms with E-state index in [0.717, 1.165) is 11.4 Å². The summed E-state index contributed by atoms with van der Waals surface area (Å²) in [6, 6.07) is 16.0. The van der Waals surface area contributed by atoms with Gasteiger partial charge >= 0.3 is 0 Å². The van der Waals surface area contributed by atoms with Gasteiger partial charge in [-0.25, -0.2) is 19.3 Å². The summed E-state index contributed by atoms with van der Waals surface area (Å²) in [4.78, 5) is 28.4. The number of pyridine rings is 2. The van der Waals surface area contributed by atoms with Crippen molar-refractivity contribution in [1.82, 2.24) is 28.8 Å². The van der Waals surface area contributed by atoms with Crippen molar-refractivity contribution in [2.75, 3.05) is 18.4 Å². The molecule has 9 nitrogen and oxygen atoms in total. The number of likely N-dealkylation sites (tertiary alicyclic amines) is 1. The third kappa shape index (κ3) is 4.31. The number of rotatable bonds is 6. The first-order valence-electron chi connectivity index (χ1n) is 11.9. The van der Waals surface area contributed by atoms with E-state index in [4.69, 9.17) is 4.98 Å². The number of aryl methyl sites for hydroxylation is 1. The minimum absolute atomic E-state index is 0.184. The van der Waals surface area contributed by atoms with Crippen molar-refractivity contribution in [1.29, 1.82) is 0 Å². The van der Waals surface area contributed by atoms with E-state index in [2.05, 4.69) is 15.3 Å². The Hall–Kier alpha value is -4.57. The van der Waals surface area contributed by atoms with Crippen LogP contribution in [0.1, 0.15) is 21.9 Å². The fraction of sp³-hybridized carbons (Fsp3) is 0.185. The molecule has 186 valence electrons. The van der Waals surface area contributed by atoms with Gasteiger partial charge < -0.3 is 15.3 Å². The maximum absolute atomic E-state index is 14.1. The van der Waals surface area contributed by atoms with Gasteiger partial charge in [0.1, 0.15) is 22.9 Å². The Morgan fingerprint density at radius 2 is 1.92 bits per heavy atom. The lowest BCUT2D eigenvalue weighted by molar-refractivity contribution is 0.00543. The molecule has 4 aromatic heterocycles. The fourth-order valence-electron chi connectivity index (χ4n) is 4.40. The van der Waals surface area contributed by atoms with Crippen LogP contribution in [0.3, 0.4) is 0 Å². The van der Waals surface area contributed by atoms with Crippen LogP contribution in [-0.4, -0.2) is 59.0 Å². The van der Waals surface area contributed by atoms with E-state index in [-0.39, 0.29) is 11.7 Å². The van der Waals surface area contributed by atoms with Gasteiger partial charge in [-0.3, -0.25) is 13.8 Å². The number of anilines is 1. The number of nitrogens with zero attached hydrogens (tertiary/aromatic N) is 6. The van der Waals surface area contributed by atoms with Crippen molar-refractivity contribution in [3.63, 3.8) is 0 Å². The minimum Gasteiger partial charge on any atom is -0.389 e. The second kappa shape index (κ2) is 9.14. The van der Waals surface area contributed by atoms with Crippen molar-refractivity contribution < 1.29 is 14.3 Å². The van der Waals surface area contributed by atoms with Crippen LogP contribution >= 0.6 is 0 Å². The largest absolute Gasteiger partial charge is 0.389 e. The molecule has 5 heterocycles. The Morgan fingerprint density at radius 3 is 2.70 bits per heavy atom. The monoisotopic (exact) mass is 497 g/mol. The zero-order valence-electron chi connectivity index (χ0n) is 20.0. The van der Waals surface area contributed by atoms with E-state index >= 15 is 0 Å². The van der Waals surface area contributed by atoms with E-state index in [0.29, 0.717) is 53.9 Å². The van der Waals surface area contributed by atoms with Gasteiger partial charge in [0.2, 0.25) is 0 Å². The number of nitrogens with one attached hydrogen (secondary N) is 1. The van der Waals surface area contributed by atoms with Gasteiger partial charge in [-0.2, -0.15) is 0 Å². The van der Waals surface area contributed by atoms with Crippen molar-refractivity contribution in [3.8, 4) is 17.2 Å². The molecule has 0 unspecified atom stereocenters. The van der Waals surface area contributed by atoms with Crippen LogP contribution in [0.5, 0.6) is 0 Å². The molecule has 1 aliphatic heterocycles. The van der Waals surface area contributed by atoms with E-state index in [1.165, 1.54) is 6.07 Å². The molecule has 5 aromatic rings. The molecule has 1 aromatic carbocycles. The van der Waals surface area contributed by atoms with Gasteiger partial charge in [-0.05, 0) is 43.3 Å². The quantitative estimate of drug-likeness (QED) is 0.373. The van der Waals surface area contributed by atoms with E-state index < -0.39 is 6.10 Å². The number of imidazole rings is 2. The van der Waals surface area contributed by atoms with Crippen LogP contribution in [0.4, 0.5) is 10.1 Å². The third-order valence-corrected chi connectivity index (χ3v) is 6.34. The molecule has 1 saturated heterocycles. The Morgan fingerprint density at radius 1 is 1.08 bits per heavy atom. The van der Waals surface area contributed by atoms with Gasteiger partial charge in [0.25, 0.3) is 5.91 Å². The highest BCUT2D eigenvalue weighted by Gasteiger charge is 2.31. The molecule has 1 aliphatic rings. The zero-order chi connectivity index (χ0) is 25.5. The Labute approximate surface area is 211 Å². The van der Waals surface area contributed by atoms with Crippen molar-refractivity contribution in [2.45, 2.75) is 19.6 Å². The van der Waals surface area contributed by atoms with E-state index in [9.17, 15) is 14.3 Å². The Balaban J connectivity index is 1.40. The summed E-state index contributed by atoms with van der Waals surface area (Å²) < 4.78 is 17.8. The fourth-order valence-corrected chi connectivity index (χ4v) is 4.40. The average molecular weight is 498 g/mol. The smallest absolute Gasteiger partial charge is 0.272 e. The molecule has 10 heteroatoms. The number of halogens is 1. The van der Waals surface area contributed by atoms with Gasteiger partial charge in [0, 0.05) is 31.2 Å². The highest BCUT2D eigenvalue weighted by atomic mass is 19.1. The van der Waals surface area contributed by atoms with Gasteiger partial charge in [-0.1, -0.05) is 18.2 Å². The molecule has 0 bridgehead atoms. The van der Waals surface area contributed by atoms with Crippen molar-refractivity contribution >= 4 is 17.2 Å². The number of benzene rings is 1. The summed E-state index contributed by atoms with van der Waals surface area (Å²) in [6.45, 7) is 2.85. The summed E-state index contributed by atoms with van der Waals surface area (Å²) >= 11 is 0. The van der Waals surface area contributed by atoms with Crippen LogP contribution in [0, 0.1) is 12.7 Å². The number of amides is 1. The van der Waals surface area contributed by atoms with Crippen molar-refractivity contribution in [3.05, 3.63) is 96.1 Å². The summed E-state index contributed by atoms with van der Waals surface area (Å²) in [5.41, 5.74) is 4.43. The molecule has 0 atom stereocenters. The normalized spacial score (nSPS) is 13.6. The van der Waals surface area contributed by atoms with Crippen LogP contribution in [0.15, 0.2) is 73.2 Å². The Kier molecular flexibility index (Phi) is 5.65. The van der Waals surface area contributed by atoms with Gasteiger partial charge in [-0.15, -0.1) is 0 Å². The molecule has 37 heavy (non-hydrogen) atoms. The maximum Gasteiger partial charge on any atom is 0.272 e. The lowest BCUT2D eigenvalue weighted by Crippen LogP contribution is -2.53. The molecular formula is C27H24FN7O2. The molecular weight excluding hydrogens is 473 g/mol. The summed E-state index contributed by atoms with van der Waals surface area (Å²) in [5.74, 6) is 0.100. The lowest BCUT2D eigenvalue weighted by atomic mass is 10.1. The topological polar surface area (TPSA) is 101 Å². The lowest BCUT2D eigenvalue weighted by Gasteiger charge is -2.35. The van der Waals surface area contributed by atoms with E-state index in [1.807, 2.05) is 54.2 Å². The van der Waals surface area contributed by atoms with Crippen LogP contribution < -0.4 is 5.32 Å². The Bertz CT molecular complexity index is 1620. The summed E-state index contributed by atoms with van der Waals surface area (Å²) in [5, 5.41) is 12.7. The number of aromatic nitrogens is 5. The molecule has 0 spiro atoms. The standard InChI is InChI=1S/C27H24FN7O2/c1-17-5-4-8-23(31-17)26-32-18(11-29-22-7-3-2-6-21(22)28)13-34(26)19-9-10-25-30-12-24(35(25)14-19)27(37)33-15-20(36)16-33/h2-10,12-14,20,29,36H,11,15-16H2,1H3. The predicted octanol–water partition coefficient (Wildman–Crippen LogP) is 3.46. The van der Waals surface area contributed by atoms with Crippen LogP contribution in [0.2, 0.25) is 0 Å². The predicted molar refractivity (Wildman–Crippen MR) is 136 cm³/mol. The molecule has 1 amide bonds. The molecule has 2 N–H and O–H groups in total. The maximum atomic E-state index is 14.1. The minimum atomic E-state index is -0.481. The van der Waals surface area contributed by atoms with Crippen LogP contribution in [-0.2, 0) is 6.54 Å². The number of β-amino-alcohol motifs (C(OH)–C–C–N with tert-alkyl or cyclic N) is 1. The second-order valence-electron chi connectivity index (χ2n) is 9.05. The van der Waals surface area contributed by atoms with Gasteiger partial charge in [0.05, 0.1) is 35.9 Å². The highest BCUT2D eigenvalue weighted by Crippen LogP contribution is 2.24. The average Bonchev–Trinajstić information content (AvgIpc) is 3.50. The van der Waals surface area contributed by atoms with Gasteiger partial charge in [0.15, 0.2) is 5.82 Å². The molecule has 6 rings (SSSR count). The number of hydrogen-bond donors (Lipinski definition) is 2. The molecule has 1 fully saturated rings. The number of fused-ring (bicyclic) bond motifs is 1. The number of aliphatic hydroxyl groups excluding tert-OH is 1. The summed E-state index contributed by atoms with van der Waals surface area (Å²) in [7, 11) is 0. The zero-order valence-corrected chi connectivity index (χ0v) is 20.0. The van der Waals surface area contributed by atoms with Crippen LogP contribution in [0.25, 0.3) is 22.9 Å². The number of carbonyl (C=O) groups is 1. The molecule has 0 radical (unpaired) electrons. The first-order chi connectivity index (χ1) is 18.0. The second-order valence-corrected chi connectivity index (χ2v) is 9.05. The number of carbonyl (C=O) groups excluding carboxylic acids is 1.